The number of rotatable bonds is 7. The van der Waals surface area contributed by atoms with Gasteiger partial charge < -0.3 is 18.4 Å². The van der Waals surface area contributed by atoms with Gasteiger partial charge in [0.05, 0.1) is 0 Å². The maximum atomic E-state index is 9.75. The molecule has 0 unspecified atom stereocenters. The molecule has 0 aliphatic heterocycles. The van der Waals surface area contributed by atoms with Gasteiger partial charge in [-0.15, -0.1) is 0 Å². The average molecular weight is 210 g/mol. The molecule has 0 aromatic heterocycles. The van der Waals surface area contributed by atoms with E-state index < -0.39 is 18.6 Å². The van der Waals surface area contributed by atoms with Gasteiger partial charge in [0.15, 0.2) is 9.76 Å². The average Bonchev–Trinajstić information content (AvgIpc) is 2.02. The largest absolute Gasteiger partial charge is 0.497 e. The summed E-state index contributed by atoms with van der Waals surface area (Å²) in [6, 6.07) is 1.17. The SMILES string of the molecule is CCO[Si](O)(CC[SiH2]O)OCC. The highest BCUT2D eigenvalue weighted by molar-refractivity contribution is 6.60. The van der Waals surface area contributed by atoms with Crippen LogP contribution in [0.5, 0.6) is 0 Å². The summed E-state index contributed by atoms with van der Waals surface area (Å²) < 4.78 is 10.3. The van der Waals surface area contributed by atoms with Crippen molar-refractivity contribution in [2.75, 3.05) is 13.2 Å². The van der Waals surface area contributed by atoms with Crippen molar-refractivity contribution in [3.63, 3.8) is 0 Å². The first kappa shape index (κ1) is 12.3. The summed E-state index contributed by atoms with van der Waals surface area (Å²) in [6.45, 7) is 4.59. The standard InChI is InChI=1S/C6H18O4Si2/c1-3-9-12(8,10-4-2)6-5-11-7/h7-8H,3-6,11H2,1-2H3. The van der Waals surface area contributed by atoms with Crippen LogP contribution in [0.4, 0.5) is 0 Å². The Kier molecular flexibility index (Phi) is 6.91. The van der Waals surface area contributed by atoms with Gasteiger partial charge in [0.1, 0.15) is 0 Å². The Bertz CT molecular complexity index is 106. The van der Waals surface area contributed by atoms with Gasteiger partial charge in [-0.1, -0.05) is 0 Å². The van der Waals surface area contributed by atoms with E-state index in [0.717, 1.165) is 0 Å². The second kappa shape index (κ2) is 6.75. The van der Waals surface area contributed by atoms with E-state index in [1.807, 2.05) is 13.8 Å². The molecule has 2 N–H and O–H groups in total. The monoisotopic (exact) mass is 210 g/mol. The van der Waals surface area contributed by atoms with Gasteiger partial charge in [0.2, 0.25) is 0 Å². The minimum Gasteiger partial charge on any atom is -0.438 e. The lowest BCUT2D eigenvalue weighted by atomic mass is 10.9. The first-order valence-electron chi connectivity index (χ1n) is 4.29. The third-order valence-electron chi connectivity index (χ3n) is 1.39. The van der Waals surface area contributed by atoms with E-state index in [1.54, 1.807) is 0 Å². The van der Waals surface area contributed by atoms with Gasteiger partial charge >= 0.3 is 8.80 Å². The first-order chi connectivity index (χ1) is 5.68. The minimum atomic E-state index is -2.90. The van der Waals surface area contributed by atoms with Crippen LogP contribution in [0.2, 0.25) is 12.1 Å². The van der Waals surface area contributed by atoms with Gasteiger partial charge in [-0.25, -0.2) is 0 Å². The summed E-state index contributed by atoms with van der Waals surface area (Å²) in [7, 11) is -3.88. The third-order valence-corrected chi connectivity index (χ3v) is 5.23. The van der Waals surface area contributed by atoms with E-state index in [-0.39, 0.29) is 0 Å². The van der Waals surface area contributed by atoms with Gasteiger partial charge in [0.25, 0.3) is 0 Å². The quantitative estimate of drug-likeness (QED) is 0.556. The molecule has 12 heavy (non-hydrogen) atoms. The molecule has 0 aromatic carbocycles. The normalized spacial score (nSPS) is 13.0. The lowest BCUT2D eigenvalue weighted by Crippen LogP contribution is -2.42. The molecule has 74 valence electrons. The minimum absolute atomic E-state index is 0.468. The molecule has 0 saturated carbocycles. The Hall–Kier alpha value is 0.274. The molecular weight excluding hydrogens is 192 g/mol. The molecule has 0 saturated heterocycles. The van der Waals surface area contributed by atoms with Gasteiger partial charge in [-0.2, -0.15) is 0 Å². The Morgan fingerprint density at radius 3 is 2.08 bits per heavy atom. The fraction of sp³-hybridized carbons (Fsp3) is 1.00. The smallest absolute Gasteiger partial charge is 0.438 e. The molecular formula is C6H18O4Si2. The van der Waals surface area contributed by atoms with E-state index in [2.05, 4.69) is 0 Å². The lowest BCUT2D eigenvalue weighted by molar-refractivity contribution is 0.109. The maximum Gasteiger partial charge on any atom is 0.497 e. The summed E-state index contributed by atoms with van der Waals surface area (Å²) in [5.74, 6) is 0. The molecule has 0 radical (unpaired) electrons. The van der Waals surface area contributed by atoms with Crippen LogP contribution in [0.25, 0.3) is 0 Å². The van der Waals surface area contributed by atoms with Crippen molar-refractivity contribution < 1.29 is 18.4 Å². The fourth-order valence-electron chi connectivity index (χ4n) is 0.940. The predicted octanol–water partition coefficient (Wildman–Crippen LogP) is -0.515. The molecule has 6 heteroatoms. The Morgan fingerprint density at radius 1 is 1.25 bits per heavy atom. The summed E-state index contributed by atoms with van der Waals surface area (Å²) in [5, 5.41) is 0. The molecule has 0 atom stereocenters. The zero-order valence-electron chi connectivity index (χ0n) is 7.75. The second-order valence-corrected chi connectivity index (χ2v) is 6.06. The topological polar surface area (TPSA) is 58.9 Å². The van der Waals surface area contributed by atoms with E-state index in [4.69, 9.17) is 13.6 Å². The Morgan fingerprint density at radius 2 is 1.75 bits per heavy atom. The van der Waals surface area contributed by atoms with E-state index in [1.165, 1.54) is 0 Å². The van der Waals surface area contributed by atoms with Crippen LogP contribution in [-0.2, 0) is 8.85 Å². The van der Waals surface area contributed by atoms with Crippen molar-refractivity contribution in [1.29, 1.82) is 0 Å². The zero-order chi connectivity index (χ0) is 9.45. The van der Waals surface area contributed by atoms with Crippen LogP contribution in [0.3, 0.4) is 0 Å². The van der Waals surface area contributed by atoms with Crippen LogP contribution in [-0.4, -0.2) is 41.4 Å². The molecule has 0 aliphatic rings. The van der Waals surface area contributed by atoms with Gasteiger partial charge in [-0.05, 0) is 19.9 Å². The molecule has 0 spiro atoms. The van der Waals surface area contributed by atoms with E-state index in [0.29, 0.717) is 25.3 Å². The summed E-state index contributed by atoms with van der Waals surface area (Å²) >= 11 is 0. The highest BCUT2D eigenvalue weighted by Gasteiger charge is 2.35. The Labute approximate surface area is 76.8 Å². The maximum absolute atomic E-state index is 9.75. The molecule has 0 aromatic rings. The van der Waals surface area contributed by atoms with E-state index in [9.17, 15) is 4.80 Å². The predicted molar refractivity (Wildman–Crippen MR) is 51.6 cm³/mol. The van der Waals surface area contributed by atoms with Crippen LogP contribution in [0.1, 0.15) is 13.8 Å². The van der Waals surface area contributed by atoms with Crippen molar-refractivity contribution in [1.82, 2.24) is 0 Å². The molecule has 0 heterocycles. The van der Waals surface area contributed by atoms with Crippen molar-refractivity contribution in [2.24, 2.45) is 0 Å². The molecule has 0 amide bonds. The second-order valence-electron chi connectivity index (χ2n) is 2.41. The van der Waals surface area contributed by atoms with Crippen LogP contribution < -0.4 is 0 Å². The molecule has 0 rings (SSSR count). The van der Waals surface area contributed by atoms with Crippen molar-refractivity contribution >= 4 is 18.6 Å². The zero-order valence-corrected chi connectivity index (χ0v) is 10.2. The van der Waals surface area contributed by atoms with Gasteiger partial charge in [0, 0.05) is 19.3 Å². The fourth-order valence-corrected chi connectivity index (χ4v) is 4.63. The third kappa shape index (κ3) is 5.01. The molecule has 4 nitrogen and oxygen atoms in total. The number of hydrogen-bond acceptors (Lipinski definition) is 4. The van der Waals surface area contributed by atoms with Crippen LogP contribution in [0, 0.1) is 0 Å². The highest BCUT2D eigenvalue weighted by Crippen LogP contribution is 2.12. The summed E-state index contributed by atoms with van der Waals surface area (Å²) in [4.78, 5) is 18.5. The van der Waals surface area contributed by atoms with Crippen molar-refractivity contribution in [2.45, 2.75) is 25.9 Å². The summed E-state index contributed by atoms with van der Waals surface area (Å²) in [6.07, 6.45) is 0. The molecule has 0 fully saturated rings. The first-order valence-corrected chi connectivity index (χ1v) is 7.90. The van der Waals surface area contributed by atoms with Gasteiger partial charge in [-0.3, -0.25) is 0 Å². The number of hydrogen-bond donors (Lipinski definition) is 2. The van der Waals surface area contributed by atoms with Crippen molar-refractivity contribution in [3.8, 4) is 0 Å². The van der Waals surface area contributed by atoms with Crippen LogP contribution in [0.15, 0.2) is 0 Å². The highest BCUT2D eigenvalue weighted by atomic mass is 28.4. The van der Waals surface area contributed by atoms with E-state index >= 15 is 0 Å². The van der Waals surface area contributed by atoms with Crippen molar-refractivity contribution in [3.05, 3.63) is 0 Å². The Balaban J connectivity index is 3.80. The lowest BCUT2D eigenvalue weighted by Gasteiger charge is -2.22. The molecule has 0 bridgehead atoms. The summed E-state index contributed by atoms with van der Waals surface area (Å²) in [5.41, 5.74) is 0. The van der Waals surface area contributed by atoms with Crippen LogP contribution >= 0.6 is 0 Å². The molecule has 0 aliphatic carbocycles.